The summed E-state index contributed by atoms with van der Waals surface area (Å²) in [6, 6.07) is 42.6. The molecule has 4 heterocycles. The zero-order valence-electron chi connectivity index (χ0n) is 22.6. The maximum Gasteiger partial charge on any atom is 2.00 e. The molecule has 0 amide bonds. The summed E-state index contributed by atoms with van der Waals surface area (Å²) in [7, 11) is 2.07. The molecule has 5 nitrogen and oxygen atoms in total. The van der Waals surface area contributed by atoms with Gasteiger partial charge in [0.05, 0.1) is 16.9 Å². The molecule has 0 radical (unpaired) electrons. The minimum absolute atomic E-state index is 0. The van der Waals surface area contributed by atoms with Gasteiger partial charge in [0.15, 0.2) is 0 Å². The quantitative estimate of drug-likeness (QED) is 0.173. The van der Waals surface area contributed by atoms with E-state index in [4.69, 9.17) is 4.98 Å². The van der Waals surface area contributed by atoms with Gasteiger partial charge in [0, 0.05) is 42.3 Å². The van der Waals surface area contributed by atoms with Crippen molar-refractivity contribution < 1.29 is 21.1 Å². The van der Waals surface area contributed by atoms with Crippen molar-refractivity contribution in [2.24, 2.45) is 7.05 Å². The van der Waals surface area contributed by atoms with Crippen LogP contribution in [-0.2, 0) is 28.1 Å². The van der Waals surface area contributed by atoms with E-state index in [1.54, 1.807) is 6.20 Å². The summed E-state index contributed by atoms with van der Waals surface area (Å²) in [5.41, 5.74) is 9.98. The molecule has 0 atom stereocenters. The van der Waals surface area contributed by atoms with Crippen molar-refractivity contribution in [3.8, 4) is 39.5 Å². The van der Waals surface area contributed by atoms with E-state index >= 15 is 0 Å². The van der Waals surface area contributed by atoms with Gasteiger partial charge in [-0.3, -0.25) is 9.97 Å². The summed E-state index contributed by atoms with van der Waals surface area (Å²) in [6.07, 6.45) is 5.51. The minimum atomic E-state index is 0. The van der Waals surface area contributed by atoms with E-state index in [2.05, 4.69) is 111 Å². The second-order valence-corrected chi connectivity index (χ2v) is 10.1. The zero-order valence-corrected chi connectivity index (χ0v) is 24.9. The van der Waals surface area contributed by atoms with Crippen LogP contribution in [0, 0.1) is 12.1 Å². The Kier molecular flexibility index (Phi) is 6.53. The number of rotatable bonds is 4. The fourth-order valence-electron chi connectivity index (χ4n) is 5.80. The average Bonchev–Trinajstić information content (AvgIpc) is 3.56. The number of benzene rings is 4. The van der Waals surface area contributed by atoms with Crippen LogP contribution in [0.2, 0.25) is 0 Å². The van der Waals surface area contributed by atoms with Crippen molar-refractivity contribution in [2.45, 2.75) is 0 Å². The molecule has 202 valence electrons. The first-order valence-corrected chi connectivity index (χ1v) is 13.5. The van der Waals surface area contributed by atoms with Crippen molar-refractivity contribution in [1.82, 2.24) is 24.1 Å². The molecule has 0 bridgehead atoms. The molecule has 4 aromatic carbocycles. The van der Waals surface area contributed by atoms with E-state index in [9.17, 15) is 0 Å². The molecule has 0 spiro atoms. The molecular weight excluding hydrogens is 698 g/mol. The monoisotopic (exact) mass is 720 g/mol. The molecule has 0 aliphatic heterocycles. The Morgan fingerprint density at radius 3 is 2.43 bits per heavy atom. The van der Waals surface area contributed by atoms with E-state index in [1.165, 1.54) is 5.39 Å². The second-order valence-electron chi connectivity index (χ2n) is 10.1. The van der Waals surface area contributed by atoms with Crippen LogP contribution >= 0.6 is 0 Å². The van der Waals surface area contributed by atoms with Crippen LogP contribution in [0.3, 0.4) is 0 Å². The van der Waals surface area contributed by atoms with Gasteiger partial charge in [-0.1, -0.05) is 53.9 Å². The van der Waals surface area contributed by atoms with Crippen LogP contribution in [-0.4, -0.2) is 24.1 Å². The normalized spacial score (nSPS) is 11.3. The number of pyridine rings is 2. The maximum atomic E-state index is 5.07. The van der Waals surface area contributed by atoms with Crippen LogP contribution in [0.5, 0.6) is 0 Å². The van der Waals surface area contributed by atoms with Gasteiger partial charge in [-0.25, -0.2) is 0 Å². The van der Waals surface area contributed by atoms with Crippen molar-refractivity contribution in [3.63, 3.8) is 0 Å². The van der Waals surface area contributed by atoms with E-state index in [0.717, 1.165) is 66.9 Å². The summed E-state index contributed by atoms with van der Waals surface area (Å²) in [6.45, 7) is 0. The molecule has 0 saturated carbocycles. The van der Waals surface area contributed by atoms with Crippen molar-refractivity contribution in [2.75, 3.05) is 0 Å². The van der Waals surface area contributed by atoms with Crippen LogP contribution in [0.15, 0.2) is 122 Å². The van der Waals surface area contributed by atoms with Gasteiger partial charge < -0.3 is 14.1 Å². The first kappa shape index (κ1) is 26.1. The summed E-state index contributed by atoms with van der Waals surface area (Å²) < 4.78 is 4.40. The molecule has 0 N–H and O–H groups in total. The van der Waals surface area contributed by atoms with Gasteiger partial charge in [-0.15, -0.1) is 53.6 Å². The van der Waals surface area contributed by atoms with Gasteiger partial charge in [0.1, 0.15) is 0 Å². The number of nitrogens with zero attached hydrogens (tertiary/aromatic N) is 5. The Bertz CT molecular complexity index is 2220. The third-order valence-corrected chi connectivity index (χ3v) is 7.65. The maximum absolute atomic E-state index is 5.07. The third-order valence-electron chi connectivity index (χ3n) is 7.65. The predicted molar refractivity (Wildman–Crippen MR) is 165 cm³/mol. The van der Waals surface area contributed by atoms with Gasteiger partial charge in [-0.05, 0) is 46.5 Å². The molecular formula is C36H23N5Pt. The van der Waals surface area contributed by atoms with Crippen LogP contribution in [0.4, 0.5) is 0 Å². The molecule has 8 aromatic rings. The second kappa shape index (κ2) is 10.5. The number of aromatic nitrogens is 5. The summed E-state index contributed by atoms with van der Waals surface area (Å²) in [4.78, 5) is 14.0. The number of para-hydroxylation sites is 2. The fourth-order valence-corrected chi connectivity index (χ4v) is 5.80. The van der Waals surface area contributed by atoms with Crippen LogP contribution in [0.1, 0.15) is 0 Å². The Labute approximate surface area is 257 Å². The van der Waals surface area contributed by atoms with E-state index in [1.807, 2.05) is 42.7 Å². The molecule has 0 unspecified atom stereocenters. The molecule has 0 aliphatic rings. The smallest absolute Gasteiger partial charge is 0.366 e. The van der Waals surface area contributed by atoms with E-state index in [-0.39, 0.29) is 21.1 Å². The zero-order chi connectivity index (χ0) is 27.3. The standard InChI is InChI=1S/C36H23N5.Pt/c1-40-35-28(26-10-8-19-37-23-26)13-7-15-32(35)39-36(40)25-17-18-30-29-12-2-3-16-33(29)41(34(30)22-25)27-11-6-9-24(21-27)31-14-4-5-20-38-31;/h2-20,23H,1H3;/q-2;+2. The molecule has 4 aromatic heterocycles. The van der Waals surface area contributed by atoms with E-state index in [0.29, 0.717) is 0 Å². The van der Waals surface area contributed by atoms with Crippen LogP contribution in [0.25, 0.3) is 72.3 Å². The summed E-state index contributed by atoms with van der Waals surface area (Å²) >= 11 is 0. The molecule has 0 saturated heterocycles. The number of hydrogen-bond donors (Lipinski definition) is 0. The molecule has 0 fully saturated rings. The Balaban J connectivity index is 0.00000288. The van der Waals surface area contributed by atoms with Crippen molar-refractivity contribution >= 4 is 32.8 Å². The number of hydrogen-bond acceptors (Lipinski definition) is 3. The number of imidazole rings is 1. The van der Waals surface area contributed by atoms with Crippen molar-refractivity contribution in [3.05, 3.63) is 134 Å². The van der Waals surface area contributed by atoms with Crippen molar-refractivity contribution in [1.29, 1.82) is 0 Å². The van der Waals surface area contributed by atoms with Crippen LogP contribution < -0.4 is 0 Å². The van der Waals surface area contributed by atoms with Gasteiger partial charge in [-0.2, -0.15) is 0 Å². The predicted octanol–water partition coefficient (Wildman–Crippen LogP) is 8.06. The Morgan fingerprint density at radius 1 is 0.690 bits per heavy atom. The summed E-state index contributed by atoms with van der Waals surface area (Å²) in [5.74, 6) is 0.862. The average molecular weight is 721 g/mol. The van der Waals surface area contributed by atoms with Gasteiger partial charge >= 0.3 is 21.1 Å². The first-order valence-electron chi connectivity index (χ1n) is 13.5. The number of fused-ring (bicyclic) bond motifs is 4. The Hall–Kier alpha value is -4.86. The van der Waals surface area contributed by atoms with Gasteiger partial charge in [0.2, 0.25) is 0 Å². The number of aryl methyl sites for hydroxylation is 1. The van der Waals surface area contributed by atoms with E-state index < -0.39 is 0 Å². The molecule has 0 aliphatic carbocycles. The molecule has 8 rings (SSSR count). The SMILES string of the molecule is Cn1c(-c2[c-]c3c(cc2)c2ccccc2n3-c2[c-]c(-c3ccccn3)ccc2)nc2cccc(-c3cccnc3)c21.[Pt+2]. The topological polar surface area (TPSA) is 48.5 Å². The molecule has 42 heavy (non-hydrogen) atoms. The van der Waals surface area contributed by atoms with Gasteiger partial charge in [0.25, 0.3) is 0 Å². The first-order chi connectivity index (χ1) is 20.3. The largest absolute Gasteiger partial charge is 2.00 e. The summed E-state index contributed by atoms with van der Waals surface area (Å²) in [5, 5.41) is 2.31. The fraction of sp³-hybridized carbons (Fsp3) is 0.0278. The third kappa shape index (κ3) is 4.17. The molecule has 6 heteroatoms. The Morgan fingerprint density at radius 2 is 1.57 bits per heavy atom. The minimum Gasteiger partial charge on any atom is -0.366 e.